The first-order chi connectivity index (χ1) is 8.19. The topological polar surface area (TPSA) is 40.5 Å². The minimum atomic E-state index is -0.659. The van der Waals surface area contributed by atoms with E-state index in [1.165, 1.54) is 19.3 Å². The maximum atomic E-state index is 10.9. The first-order valence-corrected chi connectivity index (χ1v) is 7.89. The highest BCUT2D eigenvalue weighted by atomic mass is 32.2. The summed E-state index contributed by atoms with van der Waals surface area (Å²) in [5.74, 6) is 1.47. The second kappa shape index (κ2) is 7.98. The van der Waals surface area contributed by atoms with Crippen LogP contribution in [0.2, 0.25) is 0 Å². The molecular weight excluding hydrogens is 234 g/mol. The van der Waals surface area contributed by atoms with Crippen LogP contribution in [0.25, 0.3) is 0 Å². The summed E-state index contributed by atoms with van der Waals surface area (Å²) in [6, 6.07) is 0.827. The predicted molar refractivity (Wildman–Crippen MR) is 73.7 cm³/mol. The zero-order valence-electron chi connectivity index (χ0n) is 11.0. The maximum absolute atomic E-state index is 10.9. The lowest BCUT2D eigenvalue weighted by molar-refractivity contribution is -0.138. The molecule has 3 nitrogen and oxygen atoms in total. The number of carboxylic acids is 1. The van der Waals surface area contributed by atoms with Crippen LogP contribution < -0.4 is 0 Å². The van der Waals surface area contributed by atoms with Crippen molar-refractivity contribution in [1.29, 1.82) is 0 Å². The SMILES string of the molecule is CCCCC(CC)N1CCSCC1CC(=O)O. The summed E-state index contributed by atoms with van der Waals surface area (Å²) < 4.78 is 0. The lowest BCUT2D eigenvalue weighted by Crippen LogP contribution is -2.49. The lowest BCUT2D eigenvalue weighted by Gasteiger charge is -2.40. The lowest BCUT2D eigenvalue weighted by atomic mass is 10.0. The van der Waals surface area contributed by atoms with Gasteiger partial charge in [-0.3, -0.25) is 9.69 Å². The van der Waals surface area contributed by atoms with Crippen molar-refractivity contribution in [1.82, 2.24) is 4.90 Å². The van der Waals surface area contributed by atoms with E-state index in [4.69, 9.17) is 5.11 Å². The number of rotatable bonds is 7. The molecule has 0 aliphatic carbocycles. The van der Waals surface area contributed by atoms with Gasteiger partial charge < -0.3 is 5.11 Å². The van der Waals surface area contributed by atoms with Gasteiger partial charge in [-0.05, 0) is 12.8 Å². The fourth-order valence-electron chi connectivity index (χ4n) is 2.57. The fraction of sp³-hybridized carbons (Fsp3) is 0.923. The highest BCUT2D eigenvalue weighted by molar-refractivity contribution is 7.99. The van der Waals surface area contributed by atoms with Gasteiger partial charge in [-0.2, -0.15) is 11.8 Å². The van der Waals surface area contributed by atoms with Crippen molar-refractivity contribution in [2.45, 2.75) is 58.0 Å². The molecule has 0 aromatic carbocycles. The monoisotopic (exact) mass is 259 g/mol. The Balaban J connectivity index is 2.57. The second-order valence-corrected chi connectivity index (χ2v) is 5.92. The molecule has 1 rings (SSSR count). The number of nitrogens with zero attached hydrogens (tertiary/aromatic N) is 1. The fourth-order valence-corrected chi connectivity index (χ4v) is 3.66. The van der Waals surface area contributed by atoms with Crippen molar-refractivity contribution in [3.05, 3.63) is 0 Å². The van der Waals surface area contributed by atoms with Crippen LogP contribution in [0, 0.1) is 0 Å². The molecule has 1 N–H and O–H groups in total. The third-order valence-electron chi connectivity index (χ3n) is 3.51. The number of unbranched alkanes of at least 4 members (excludes halogenated alkanes) is 1. The maximum Gasteiger partial charge on any atom is 0.304 e. The number of aliphatic carboxylic acids is 1. The normalized spacial score (nSPS) is 23.5. The summed E-state index contributed by atoms with van der Waals surface area (Å²) in [6.45, 7) is 5.50. The van der Waals surface area contributed by atoms with Crippen LogP contribution in [-0.4, -0.2) is 46.1 Å². The molecule has 0 bridgehead atoms. The van der Waals surface area contributed by atoms with E-state index in [2.05, 4.69) is 18.7 Å². The summed E-state index contributed by atoms with van der Waals surface area (Å²) in [6.07, 6.45) is 5.13. The molecule has 0 saturated carbocycles. The van der Waals surface area contributed by atoms with Gasteiger partial charge in [0.2, 0.25) is 0 Å². The summed E-state index contributed by atoms with van der Waals surface area (Å²) in [5.41, 5.74) is 0. The molecule has 17 heavy (non-hydrogen) atoms. The minimum Gasteiger partial charge on any atom is -0.481 e. The van der Waals surface area contributed by atoms with Crippen LogP contribution >= 0.6 is 11.8 Å². The predicted octanol–water partition coefficient (Wildman–Crippen LogP) is 2.85. The largest absolute Gasteiger partial charge is 0.481 e. The van der Waals surface area contributed by atoms with Crippen LogP contribution in [0.4, 0.5) is 0 Å². The van der Waals surface area contributed by atoms with Crippen LogP contribution in [0.1, 0.15) is 46.0 Å². The third-order valence-corrected chi connectivity index (χ3v) is 4.61. The minimum absolute atomic E-state index is 0.244. The number of thioether (sulfide) groups is 1. The summed E-state index contributed by atoms with van der Waals surface area (Å²) in [7, 11) is 0. The highest BCUT2D eigenvalue weighted by Gasteiger charge is 2.29. The molecule has 0 aromatic rings. The molecule has 100 valence electrons. The van der Waals surface area contributed by atoms with Gasteiger partial charge in [-0.15, -0.1) is 0 Å². The Morgan fingerprint density at radius 3 is 2.88 bits per heavy atom. The van der Waals surface area contributed by atoms with Crippen molar-refractivity contribution >= 4 is 17.7 Å². The van der Waals surface area contributed by atoms with E-state index in [9.17, 15) is 4.79 Å². The van der Waals surface area contributed by atoms with Crippen LogP contribution in [0.15, 0.2) is 0 Å². The summed E-state index contributed by atoms with van der Waals surface area (Å²) in [5, 5.41) is 8.98. The molecule has 4 heteroatoms. The molecule has 1 saturated heterocycles. The van der Waals surface area contributed by atoms with E-state index in [0.717, 1.165) is 24.5 Å². The van der Waals surface area contributed by atoms with E-state index in [1.54, 1.807) is 0 Å². The number of carbonyl (C=O) groups is 1. The highest BCUT2D eigenvalue weighted by Crippen LogP contribution is 2.24. The Bertz CT molecular complexity index is 235. The molecule has 0 amide bonds. The second-order valence-electron chi connectivity index (χ2n) is 4.77. The summed E-state index contributed by atoms with van der Waals surface area (Å²) in [4.78, 5) is 13.4. The molecule has 0 spiro atoms. The van der Waals surface area contributed by atoms with Crippen LogP contribution in [0.5, 0.6) is 0 Å². The average Bonchev–Trinajstić information content (AvgIpc) is 2.31. The van der Waals surface area contributed by atoms with E-state index >= 15 is 0 Å². The van der Waals surface area contributed by atoms with Crippen molar-refractivity contribution in [2.75, 3.05) is 18.1 Å². The molecule has 1 heterocycles. The van der Waals surface area contributed by atoms with Gasteiger partial charge >= 0.3 is 5.97 Å². The quantitative estimate of drug-likeness (QED) is 0.763. The molecule has 2 unspecified atom stereocenters. The van der Waals surface area contributed by atoms with Crippen LogP contribution in [0.3, 0.4) is 0 Å². The van der Waals surface area contributed by atoms with Gasteiger partial charge in [0.1, 0.15) is 0 Å². The van der Waals surface area contributed by atoms with Crippen molar-refractivity contribution < 1.29 is 9.90 Å². The Morgan fingerprint density at radius 1 is 1.53 bits per heavy atom. The van der Waals surface area contributed by atoms with Crippen LogP contribution in [-0.2, 0) is 4.79 Å². The molecular formula is C13H25NO2S. The first kappa shape index (κ1) is 14.8. The molecule has 1 aliphatic heterocycles. The smallest absolute Gasteiger partial charge is 0.304 e. The zero-order chi connectivity index (χ0) is 12.7. The van der Waals surface area contributed by atoms with Gasteiger partial charge in [0.25, 0.3) is 0 Å². The first-order valence-electron chi connectivity index (χ1n) is 6.74. The molecule has 1 fully saturated rings. The third kappa shape index (κ3) is 4.88. The Hall–Kier alpha value is -0.220. The summed E-state index contributed by atoms with van der Waals surface area (Å²) >= 11 is 1.90. The molecule has 0 radical (unpaired) electrons. The number of hydrogen-bond donors (Lipinski definition) is 1. The molecule has 1 aliphatic rings. The van der Waals surface area contributed by atoms with Gasteiger partial charge in [0.05, 0.1) is 6.42 Å². The Labute approximate surface area is 109 Å². The average molecular weight is 259 g/mol. The van der Waals surface area contributed by atoms with Crippen molar-refractivity contribution in [3.8, 4) is 0 Å². The van der Waals surface area contributed by atoms with Crippen molar-refractivity contribution in [2.24, 2.45) is 0 Å². The van der Waals surface area contributed by atoms with Crippen molar-refractivity contribution in [3.63, 3.8) is 0 Å². The Kier molecular flexibility index (Phi) is 6.97. The standard InChI is InChI=1S/C13H25NO2S/c1-3-5-6-11(4-2)14-7-8-17-10-12(14)9-13(15)16/h11-12H,3-10H2,1-2H3,(H,15,16). The zero-order valence-corrected chi connectivity index (χ0v) is 11.8. The van der Waals surface area contributed by atoms with Gasteiger partial charge in [0, 0.05) is 30.1 Å². The number of hydrogen-bond acceptors (Lipinski definition) is 3. The van der Waals surface area contributed by atoms with Gasteiger partial charge in [0.15, 0.2) is 0 Å². The van der Waals surface area contributed by atoms with E-state index in [0.29, 0.717) is 12.5 Å². The van der Waals surface area contributed by atoms with E-state index in [-0.39, 0.29) is 6.04 Å². The van der Waals surface area contributed by atoms with Gasteiger partial charge in [-0.25, -0.2) is 0 Å². The van der Waals surface area contributed by atoms with E-state index in [1.807, 2.05) is 11.8 Å². The number of carboxylic acid groups (broad SMARTS) is 1. The van der Waals surface area contributed by atoms with Gasteiger partial charge in [-0.1, -0.05) is 26.7 Å². The molecule has 0 aromatic heterocycles. The Morgan fingerprint density at radius 2 is 2.29 bits per heavy atom. The molecule has 2 atom stereocenters. The van der Waals surface area contributed by atoms with E-state index < -0.39 is 5.97 Å².